The summed E-state index contributed by atoms with van der Waals surface area (Å²) < 4.78 is 11.4. The zero-order chi connectivity index (χ0) is 21.4. The average molecular weight is 416 g/mol. The Morgan fingerprint density at radius 1 is 1.03 bits per heavy atom. The molecule has 0 radical (unpaired) electrons. The molecule has 3 nitrogen and oxygen atoms in total. The van der Waals surface area contributed by atoms with Gasteiger partial charge in [-0.25, -0.2) is 0 Å². The number of ether oxygens (including phenoxy) is 2. The number of methoxy groups -OCH3 is 1. The van der Waals surface area contributed by atoms with Gasteiger partial charge < -0.3 is 14.8 Å². The lowest BCUT2D eigenvalue weighted by atomic mass is 9.87. The summed E-state index contributed by atoms with van der Waals surface area (Å²) in [6.07, 6.45) is 3.37. The van der Waals surface area contributed by atoms with Crippen LogP contribution in [-0.2, 0) is 16.4 Å². The lowest BCUT2D eigenvalue weighted by molar-refractivity contribution is 0.0494. The van der Waals surface area contributed by atoms with Crippen molar-refractivity contribution < 1.29 is 9.47 Å². The highest BCUT2D eigenvalue weighted by molar-refractivity contribution is 7.48. The Kier molecular flexibility index (Phi) is 9.14. The second kappa shape index (κ2) is 11.1. The predicted molar refractivity (Wildman–Crippen MR) is 127 cm³/mol. The van der Waals surface area contributed by atoms with E-state index < -0.39 is 0 Å². The zero-order valence-electron chi connectivity index (χ0n) is 19.2. The topological polar surface area (TPSA) is 30.5 Å². The molecule has 29 heavy (non-hydrogen) atoms. The normalized spacial score (nSPS) is 13.8. The summed E-state index contributed by atoms with van der Waals surface area (Å²) in [6.45, 7) is 12.3. The molecule has 0 aliphatic carbocycles. The van der Waals surface area contributed by atoms with Crippen LogP contribution in [0.25, 0.3) is 0 Å². The maximum atomic E-state index is 6.13. The van der Waals surface area contributed by atoms with Crippen molar-refractivity contribution >= 4 is 13.9 Å². The summed E-state index contributed by atoms with van der Waals surface area (Å²) in [7, 11) is 4.39. The summed E-state index contributed by atoms with van der Waals surface area (Å²) >= 11 is 0. The molecule has 2 rings (SSSR count). The van der Waals surface area contributed by atoms with E-state index >= 15 is 0 Å². The number of benzene rings is 2. The van der Waals surface area contributed by atoms with Crippen LogP contribution in [0.15, 0.2) is 30.3 Å². The molecule has 160 valence electrons. The van der Waals surface area contributed by atoms with Crippen molar-refractivity contribution in [2.75, 3.05) is 21.0 Å². The fourth-order valence-electron chi connectivity index (χ4n) is 4.21. The molecule has 0 aliphatic heterocycles. The molecule has 0 bridgehead atoms. The Morgan fingerprint density at radius 3 is 2.41 bits per heavy atom. The minimum atomic E-state index is 0.0619. The molecule has 0 heterocycles. The van der Waals surface area contributed by atoms with E-state index in [0.717, 1.165) is 31.6 Å². The van der Waals surface area contributed by atoms with Crippen molar-refractivity contribution in [2.45, 2.75) is 65.6 Å². The van der Waals surface area contributed by atoms with E-state index in [1.54, 1.807) is 7.11 Å². The highest BCUT2D eigenvalue weighted by Gasteiger charge is 2.34. The summed E-state index contributed by atoms with van der Waals surface area (Å²) in [5.74, 6) is 1.00. The van der Waals surface area contributed by atoms with Gasteiger partial charge in [-0.1, -0.05) is 70.3 Å². The van der Waals surface area contributed by atoms with Gasteiger partial charge in [0.05, 0.1) is 0 Å². The molecule has 2 atom stereocenters. The molecular weight excluding hydrogens is 377 g/mol. The van der Waals surface area contributed by atoms with E-state index in [4.69, 9.17) is 9.47 Å². The first-order valence-electron chi connectivity index (χ1n) is 10.7. The molecule has 1 N–H and O–H groups in total. The molecule has 0 fully saturated rings. The Labute approximate surface area is 179 Å². The molecule has 2 aromatic rings. The maximum absolute atomic E-state index is 6.13. The molecule has 4 heteroatoms. The van der Waals surface area contributed by atoms with E-state index in [-0.39, 0.29) is 11.9 Å². The van der Waals surface area contributed by atoms with Crippen LogP contribution in [0.1, 0.15) is 60.9 Å². The molecule has 0 aromatic heterocycles. The minimum absolute atomic E-state index is 0.0619. The molecule has 2 unspecified atom stereocenters. The van der Waals surface area contributed by atoms with Gasteiger partial charge >= 0.3 is 0 Å². The van der Waals surface area contributed by atoms with Gasteiger partial charge in [-0.05, 0) is 57.1 Å². The second-order valence-electron chi connectivity index (χ2n) is 8.01. The van der Waals surface area contributed by atoms with Crippen LogP contribution in [0.3, 0.4) is 0 Å². The van der Waals surface area contributed by atoms with Crippen LogP contribution >= 0.6 is 8.58 Å². The van der Waals surface area contributed by atoms with Crippen LogP contribution in [-0.4, -0.2) is 21.0 Å². The first-order valence-corrected chi connectivity index (χ1v) is 11.7. The lowest BCUT2D eigenvalue weighted by Crippen LogP contribution is -2.26. The second-order valence-corrected chi connectivity index (χ2v) is 9.76. The number of hydrogen-bond acceptors (Lipinski definition) is 3. The standard InChI is InChI=1S/C25H38NO2P/c1-8-12-25(9-2,29-23-11-10-18(3)14-21(23)16-26-6)22-15-19(4)13-20(5)24(22)28-17-27-7/h10-11,13-15,26,29H,8-9,12,16-17H2,1-7H3. The third-order valence-electron chi connectivity index (χ3n) is 5.54. The summed E-state index contributed by atoms with van der Waals surface area (Å²) in [4.78, 5) is 0. The molecule has 0 saturated heterocycles. The van der Waals surface area contributed by atoms with Gasteiger partial charge in [0.2, 0.25) is 0 Å². The van der Waals surface area contributed by atoms with Gasteiger partial charge in [0.25, 0.3) is 0 Å². The highest BCUT2D eigenvalue weighted by atomic mass is 31.1. The van der Waals surface area contributed by atoms with Gasteiger partial charge in [-0.15, -0.1) is 0 Å². The van der Waals surface area contributed by atoms with Crippen LogP contribution < -0.4 is 15.4 Å². The Bertz CT molecular complexity index is 806. The fourth-order valence-corrected chi connectivity index (χ4v) is 6.08. The van der Waals surface area contributed by atoms with Gasteiger partial charge in [0.15, 0.2) is 6.79 Å². The van der Waals surface area contributed by atoms with Crippen molar-refractivity contribution in [3.8, 4) is 5.75 Å². The maximum Gasteiger partial charge on any atom is 0.188 e. The molecule has 2 aromatic carbocycles. The van der Waals surface area contributed by atoms with Crippen LogP contribution in [0.4, 0.5) is 0 Å². The van der Waals surface area contributed by atoms with E-state index in [1.165, 1.54) is 33.1 Å². The molecule has 0 saturated carbocycles. The number of hydrogen-bond donors (Lipinski definition) is 1. The smallest absolute Gasteiger partial charge is 0.188 e. The molecule has 0 spiro atoms. The van der Waals surface area contributed by atoms with E-state index in [2.05, 4.69) is 70.3 Å². The van der Waals surface area contributed by atoms with Crippen molar-refractivity contribution in [1.82, 2.24) is 5.32 Å². The first kappa shape index (κ1) is 23.9. The number of nitrogens with one attached hydrogen (secondary N) is 1. The Morgan fingerprint density at radius 2 is 1.79 bits per heavy atom. The van der Waals surface area contributed by atoms with Crippen molar-refractivity contribution in [1.29, 1.82) is 0 Å². The zero-order valence-corrected chi connectivity index (χ0v) is 20.2. The largest absolute Gasteiger partial charge is 0.467 e. The summed E-state index contributed by atoms with van der Waals surface area (Å²) in [6, 6.07) is 11.5. The van der Waals surface area contributed by atoms with Crippen molar-refractivity contribution in [2.24, 2.45) is 0 Å². The minimum Gasteiger partial charge on any atom is -0.467 e. The predicted octanol–water partition coefficient (Wildman–Crippen LogP) is 5.72. The van der Waals surface area contributed by atoms with Crippen LogP contribution in [0.5, 0.6) is 5.75 Å². The van der Waals surface area contributed by atoms with Crippen LogP contribution in [0, 0.1) is 20.8 Å². The highest BCUT2D eigenvalue weighted by Crippen LogP contribution is 2.52. The van der Waals surface area contributed by atoms with Gasteiger partial charge in [-0.3, -0.25) is 0 Å². The molecular formula is C25H38NO2P. The Hall–Kier alpha value is -1.41. The third kappa shape index (κ3) is 5.81. The molecule has 0 amide bonds. The van der Waals surface area contributed by atoms with Crippen molar-refractivity contribution in [3.05, 3.63) is 58.1 Å². The van der Waals surface area contributed by atoms with Gasteiger partial charge in [-0.2, -0.15) is 0 Å². The summed E-state index contributed by atoms with van der Waals surface area (Å²) in [5, 5.41) is 4.87. The van der Waals surface area contributed by atoms with Gasteiger partial charge in [0.1, 0.15) is 5.75 Å². The SMILES string of the molecule is CCCC(CC)(Pc1ccc(C)cc1CNC)c1cc(C)cc(C)c1OCOC. The first-order chi connectivity index (χ1) is 13.9. The number of rotatable bonds is 11. The quantitative estimate of drug-likeness (QED) is 0.376. The fraction of sp³-hybridized carbons (Fsp3) is 0.520. The van der Waals surface area contributed by atoms with E-state index in [9.17, 15) is 0 Å². The Balaban J connectivity index is 2.62. The van der Waals surface area contributed by atoms with Crippen molar-refractivity contribution in [3.63, 3.8) is 0 Å². The average Bonchev–Trinajstić information content (AvgIpc) is 2.68. The lowest BCUT2D eigenvalue weighted by Gasteiger charge is -2.36. The van der Waals surface area contributed by atoms with E-state index in [1.807, 2.05) is 7.05 Å². The molecule has 0 aliphatic rings. The number of aryl methyl sites for hydroxylation is 3. The van der Waals surface area contributed by atoms with E-state index in [0.29, 0.717) is 8.58 Å². The van der Waals surface area contributed by atoms with Gasteiger partial charge in [0, 0.05) is 24.4 Å². The van der Waals surface area contributed by atoms with Crippen LogP contribution in [0.2, 0.25) is 0 Å². The monoisotopic (exact) mass is 415 g/mol. The third-order valence-corrected chi connectivity index (χ3v) is 7.65. The summed E-state index contributed by atoms with van der Waals surface area (Å²) in [5.41, 5.74) is 6.54.